The van der Waals surface area contributed by atoms with Crippen LogP contribution in [0.25, 0.3) is 33.1 Å². The summed E-state index contributed by atoms with van der Waals surface area (Å²) in [4.78, 5) is 0.240. The molecular formula is C25H19NO3S. The Morgan fingerprint density at radius 2 is 1.43 bits per heavy atom. The van der Waals surface area contributed by atoms with E-state index >= 15 is 0 Å². The maximum absolute atomic E-state index is 12.6. The van der Waals surface area contributed by atoms with E-state index < -0.39 is 10.0 Å². The van der Waals surface area contributed by atoms with E-state index in [0.717, 1.165) is 38.6 Å². The first-order valence-electron chi connectivity index (χ1n) is 9.61. The van der Waals surface area contributed by atoms with E-state index in [2.05, 4.69) is 10.8 Å². The van der Waals surface area contributed by atoms with Crippen molar-refractivity contribution in [2.24, 2.45) is 0 Å². The highest BCUT2D eigenvalue weighted by Gasteiger charge is 2.15. The summed E-state index contributed by atoms with van der Waals surface area (Å²) >= 11 is 0. The zero-order chi connectivity index (χ0) is 20.7. The minimum absolute atomic E-state index is 0.240. The Morgan fingerprint density at radius 3 is 2.20 bits per heavy atom. The maximum Gasteiger partial charge on any atom is 0.261 e. The molecule has 0 radical (unpaired) electrons. The molecule has 30 heavy (non-hydrogen) atoms. The molecule has 0 saturated heterocycles. The Labute approximate surface area is 174 Å². The van der Waals surface area contributed by atoms with Crippen molar-refractivity contribution in [3.63, 3.8) is 0 Å². The Kier molecular flexibility index (Phi) is 4.33. The van der Waals surface area contributed by atoms with E-state index in [4.69, 9.17) is 4.42 Å². The fourth-order valence-corrected chi connectivity index (χ4v) is 4.68. The van der Waals surface area contributed by atoms with Gasteiger partial charge in [0, 0.05) is 22.0 Å². The number of hydrogen-bond acceptors (Lipinski definition) is 3. The highest BCUT2D eigenvalue weighted by atomic mass is 32.2. The van der Waals surface area contributed by atoms with Crippen molar-refractivity contribution in [3.8, 4) is 11.1 Å². The average Bonchev–Trinajstić information content (AvgIpc) is 3.13. The van der Waals surface area contributed by atoms with Crippen molar-refractivity contribution in [1.82, 2.24) is 0 Å². The first kappa shape index (κ1) is 18.5. The number of fused-ring (bicyclic) bond motifs is 3. The highest BCUT2D eigenvalue weighted by molar-refractivity contribution is 7.92. The molecular weight excluding hydrogens is 394 g/mol. The minimum Gasteiger partial charge on any atom is -0.455 e. The second-order valence-corrected chi connectivity index (χ2v) is 8.96. The monoisotopic (exact) mass is 413 g/mol. The largest absolute Gasteiger partial charge is 0.455 e. The number of furan rings is 1. The lowest BCUT2D eigenvalue weighted by molar-refractivity contribution is 0.601. The molecule has 0 aliphatic heterocycles. The Bertz CT molecular complexity index is 1470. The van der Waals surface area contributed by atoms with Gasteiger partial charge in [0.25, 0.3) is 10.0 Å². The summed E-state index contributed by atoms with van der Waals surface area (Å²) in [5.41, 5.74) is 5.12. The van der Waals surface area contributed by atoms with Crippen molar-refractivity contribution in [2.75, 3.05) is 4.72 Å². The van der Waals surface area contributed by atoms with Crippen LogP contribution in [0, 0.1) is 6.92 Å². The molecule has 0 atom stereocenters. The molecule has 0 amide bonds. The zero-order valence-corrected chi connectivity index (χ0v) is 17.1. The molecule has 5 aromatic rings. The highest BCUT2D eigenvalue weighted by Crippen LogP contribution is 2.36. The van der Waals surface area contributed by atoms with Gasteiger partial charge in [-0.15, -0.1) is 0 Å². The average molecular weight is 413 g/mol. The Balaban J connectivity index is 1.49. The summed E-state index contributed by atoms with van der Waals surface area (Å²) in [6, 6.07) is 28.1. The molecule has 0 aliphatic rings. The predicted octanol–water partition coefficient (Wildman–Crippen LogP) is 6.36. The second-order valence-electron chi connectivity index (χ2n) is 7.28. The SMILES string of the molecule is Cc1ccc(S(=O)(=O)Nc2ccc(-c3cccc4c3oc3ccccc34)cc2)cc1. The van der Waals surface area contributed by atoms with Crippen molar-refractivity contribution >= 4 is 37.6 Å². The van der Waals surface area contributed by atoms with Crippen LogP contribution in [0.2, 0.25) is 0 Å². The number of hydrogen-bond donors (Lipinski definition) is 1. The van der Waals surface area contributed by atoms with Gasteiger partial charge in [0.15, 0.2) is 0 Å². The number of anilines is 1. The van der Waals surface area contributed by atoms with E-state index in [-0.39, 0.29) is 4.90 Å². The lowest BCUT2D eigenvalue weighted by Crippen LogP contribution is -2.12. The van der Waals surface area contributed by atoms with Gasteiger partial charge in [0.1, 0.15) is 11.2 Å². The molecule has 0 saturated carbocycles. The normalized spacial score (nSPS) is 11.8. The van der Waals surface area contributed by atoms with Crippen LogP contribution in [0.5, 0.6) is 0 Å². The van der Waals surface area contributed by atoms with Crippen molar-refractivity contribution in [3.05, 3.63) is 96.6 Å². The zero-order valence-electron chi connectivity index (χ0n) is 16.3. The van der Waals surface area contributed by atoms with Crippen LogP contribution in [0.1, 0.15) is 5.56 Å². The van der Waals surface area contributed by atoms with E-state index in [1.165, 1.54) is 0 Å². The van der Waals surface area contributed by atoms with Gasteiger partial charge in [-0.1, -0.05) is 66.2 Å². The topological polar surface area (TPSA) is 59.3 Å². The van der Waals surface area contributed by atoms with Crippen LogP contribution in [0.3, 0.4) is 0 Å². The van der Waals surface area contributed by atoms with Crippen molar-refractivity contribution in [2.45, 2.75) is 11.8 Å². The Hall–Kier alpha value is -3.57. The minimum atomic E-state index is -3.63. The van der Waals surface area contributed by atoms with Crippen LogP contribution in [-0.2, 0) is 10.0 Å². The Morgan fingerprint density at radius 1 is 0.733 bits per heavy atom. The predicted molar refractivity (Wildman–Crippen MR) is 121 cm³/mol. The lowest BCUT2D eigenvalue weighted by atomic mass is 10.0. The summed E-state index contributed by atoms with van der Waals surface area (Å²) < 4.78 is 34.0. The standard InChI is InChI=1S/C25H19NO3S/c1-17-9-15-20(16-10-17)30(27,28)26-19-13-11-18(12-14-19)21-6-4-7-23-22-5-2-3-8-24(22)29-25(21)23/h2-16,26H,1H3. The number of aryl methyl sites for hydroxylation is 1. The molecule has 0 fully saturated rings. The first-order chi connectivity index (χ1) is 14.5. The molecule has 1 heterocycles. The van der Waals surface area contributed by atoms with Crippen LogP contribution < -0.4 is 4.72 Å². The number of para-hydroxylation sites is 2. The quantitative estimate of drug-likeness (QED) is 0.373. The molecule has 1 aromatic heterocycles. The number of benzene rings is 4. The smallest absolute Gasteiger partial charge is 0.261 e. The molecule has 5 rings (SSSR count). The van der Waals surface area contributed by atoms with Gasteiger partial charge in [-0.25, -0.2) is 8.42 Å². The van der Waals surface area contributed by atoms with Gasteiger partial charge in [-0.2, -0.15) is 0 Å². The van der Waals surface area contributed by atoms with E-state index in [0.29, 0.717) is 5.69 Å². The fraction of sp³-hybridized carbons (Fsp3) is 0.0400. The molecule has 0 spiro atoms. The number of sulfonamides is 1. The first-order valence-corrected chi connectivity index (χ1v) is 11.1. The third-order valence-corrected chi connectivity index (χ3v) is 6.58. The van der Waals surface area contributed by atoms with Gasteiger partial charge >= 0.3 is 0 Å². The number of rotatable bonds is 4. The molecule has 5 heteroatoms. The maximum atomic E-state index is 12.6. The van der Waals surface area contributed by atoms with Gasteiger partial charge in [-0.3, -0.25) is 4.72 Å². The molecule has 0 unspecified atom stereocenters. The third kappa shape index (κ3) is 3.23. The van der Waals surface area contributed by atoms with Gasteiger partial charge in [-0.05, 0) is 42.8 Å². The molecule has 0 bridgehead atoms. The van der Waals surface area contributed by atoms with Crippen LogP contribution in [0.4, 0.5) is 5.69 Å². The molecule has 4 nitrogen and oxygen atoms in total. The van der Waals surface area contributed by atoms with Crippen LogP contribution in [-0.4, -0.2) is 8.42 Å². The fourth-order valence-electron chi connectivity index (χ4n) is 3.62. The molecule has 148 valence electrons. The molecule has 0 aliphatic carbocycles. The summed E-state index contributed by atoms with van der Waals surface area (Å²) in [7, 11) is -3.63. The van der Waals surface area contributed by atoms with Crippen molar-refractivity contribution < 1.29 is 12.8 Å². The van der Waals surface area contributed by atoms with Gasteiger partial charge < -0.3 is 4.42 Å². The van der Waals surface area contributed by atoms with Gasteiger partial charge in [0.2, 0.25) is 0 Å². The van der Waals surface area contributed by atoms with E-state index in [9.17, 15) is 8.42 Å². The van der Waals surface area contributed by atoms with E-state index in [1.807, 2.05) is 55.5 Å². The molecule has 1 N–H and O–H groups in total. The third-order valence-electron chi connectivity index (χ3n) is 5.18. The van der Waals surface area contributed by atoms with E-state index in [1.54, 1.807) is 36.4 Å². The second kappa shape index (κ2) is 7.04. The summed E-state index contributed by atoms with van der Waals surface area (Å²) in [5, 5.41) is 2.14. The van der Waals surface area contributed by atoms with Crippen molar-refractivity contribution in [1.29, 1.82) is 0 Å². The summed E-state index contributed by atoms with van der Waals surface area (Å²) in [6.07, 6.45) is 0. The lowest BCUT2D eigenvalue weighted by Gasteiger charge is -2.09. The summed E-state index contributed by atoms with van der Waals surface area (Å²) in [5.74, 6) is 0. The van der Waals surface area contributed by atoms with Gasteiger partial charge in [0.05, 0.1) is 4.90 Å². The molecule has 4 aromatic carbocycles. The van der Waals surface area contributed by atoms with Crippen LogP contribution >= 0.6 is 0 Å². The number of nitrogens with one attached hydrogen (secondary N) is 1. The summed E-state index contributed by atoms with van der Waals surface area (Å²) in [6.45, 7) is 1.92. The van der Waals surface area contributed by atoms with Crippen LogP contribution in [0.15, 0.2) is 100 Å².